The molecule has 0 unspecified atom stereocenters. The molecule has 0 radical (unpaired) electrons. The molecule has 0 saturated carbocycles. The molecule has 1 aliphatic rings. The van der Waals surface area contributed by atoms with Gasteiger partial charge in [-0.25, -0.2) is 0 Å². The van der Waals surface area contributed by atoms with Crippen LogP contribution in [-0.4, -0.2) is 31.6 Å². The second-order valence-corrected chi connectivity index (χ2v) is 5.93. The molecule has 1 heterocycles. The molecule has 6 heteroatoms. The minimum atomic E-state index is -0.0810. The number of hydrogen-bond acceptors (Lipinski definition) is 4. The third-order valence-electron chi connectivity index (χ3n) is 4.05. The first-order chi connectivity index (χ1) is 12.7. The van der Waals surface area contributed by atoms with E-state index in [-0.39, 0.29) is 18.4 Å². The third-order valence-corrected chi connectivity index (χ3v) is 4.05. The lowest BCUT2D eigenvalue weighted by Gasteiger charge is -2.29. The second-order valence-electron chi connectivity index (χ2n) is 5.93. The van der Waals surface area contributed by atoms with Crippen LogP contribution in [0.4, 0.5) is 11.4 Å². The fourth-order valence-electron chi connectivity index (χ4n) is 2.71. The highest BCUT2D eigenvalue weighted by molar-refractivity contribution is 5.99. The lowest BCUT2D eigenvalue weighted by molar-refractivity contribution is -0.121. The summed E-state index contributed by atoms with van der Waals surface area (Å²) >= 11 is 0. The van der Waals surface area contributed by atoms with Crippen LogP contribution < -0.4 is 19.7 Å². The van der Waals surface area contributed by atoms with Crippen molar-refractivity contribution in [2.45, 2.75) is 19.8 Å². The lowest BCUT2D eigenvalue weighted by Crippen LogP contribution is -2.39. The maximum absolute atomic E-state index is 12.2. The minimum Gasteiger partial charge on any atom is -0.494 e. The van der Waals surface area contributed by atoms with Gasteiger partial charge in [-0.2, -0.15) is 0 Å². The maximum Gasteiger partial charge on any atom is 0.265 e. The van der Waals surface area contributed by atoms with Crippen LogP contribution in [0.25, 0.3) is 0 Å². The van der Waals surface area contributed by atoms with Crippen LogP contribution in [0.3, 0.4) is 0 Å². The quantitative estimate of drug-likeness (QED) is 0.775. The Morgan fingerprint density at radius 3 is 2.81 bits per heavy atom. The van der Waals surface area contributed by atoms with Crippen molar-refractivity contribution >= 4 is 23.2 Å². The summed E-state index contributed by atoms with van der Waals surface area (Å²) in [4.78, 5) is 25.5. The van der Waals surface area contributed by atoms with E-state index in [1.54, 1.807) is 30.0 Å². The van der Waals surface area contributed by atoms with Crippen LogP contribution in [0.1, 0.15) is 19.8 Å². The molecule has 2 aromatic rings. The van der Waals surface area contributed by atoms with Crippen LogP contribution in [0.2, 0.25) is 0 Å². The summed E-state index contributed by atoms with van der Waals surface area (Å²) in [5.41, 5.74) is 1.38. The number of nitrogens with zero attached hydrogens (tertiary/aromatic N) is 1. The zero-order valence-corrected chi connectivity index (χ0v) is 14.7. The second kappa shape index (κ2) is 8.38. The molecule has 0 aliphatic carbocycles. The monoisotopic (exact) mass is 354 g/mol. The molecule has 0 fully saturated rings. The Morgan fingerprint density at radius 2 is 2.04 bits per heavy atom. The Bertz CT molecular complexity index is 777. The smallest absolute Gasteiger partial charge is 0.265 e. The van der Waals surface area contributed by atoms with Gasteiger partial charge in [0.2, 0.25) is 5.91 Å². The number of benzene rings is 2. The summed E-state index contributed by atoms with van der Waals surface area (Å²) < 4.78 is 11.2. The number of fused-ring (bicyclic) bond motifs is 1. The molecule has 3 rings (SSSR count). The van der Waals surface area contributed by atoms with E-state index in [4.69, 9.17) is 9.47 Å². The van der Waals surface area contributed by atoms with E-state index < -0.39 is 0 Å². The van der Waals surface area contributed by atoms with Crippen molar-refractivity contribution in [3.05, 3.63) is 48.5 Å². The average Bonchev–Trinajstić information content (AvgIpc) is 2.67. The van der Waals surface area contributed by atoms with E-state index >= 15 is 0 Å². The molecule has 2 amide bonds. The highest BCUT2D eigenvalue weighted by Gasteiger charge is 2.25. The average molecular weight is 354 g/mol. The van der Waals surface area contributed by atoms with Gasteiger partial charge in [-0.15, -0.1) is 0 Å². The van der Waals surface area contributed by atoms with E-state index in [0.29, 0.717) is 37.4 Å². The van der Waals surface area contributed by atoms with Crippen molar-refractivity contribution in [2.24, 2.45) is 0 Å². The number of carbonyl (C=O) groups is 2. The molecule has 0 spiro atoms. The SMILES string of the molecule is CCC(=O)Nc1ccc2c(c1)OCC(=O)N2CCCOc1ccccc1. The van der Waals surface area contributed by atoms with Gasteiger partial charge < -0.3 is 19.7 Å². The lowest BCUT2D eigenvalue weighted by atomic mass is 10.2. The summed E-state index contributed by atoms with van der Waals surface area (Å²) in [5.74, 6) is 1.27. The Balaban J connectivity index is 1.61. The number of ether oxygens (including phenoxy) is 2. The Labute approximate surface area is 152 Å². The number of hydrogen-bond donors (Lipinski definition) is 1. The van der Waals surface area contributed by atoms with Crippen molar-refractivity contribution in [2.75, 3.05) is 30.0 Å². The molecular formula is C20H22N2O4. The van der Waals surface area contributed by atoms with E-state index in [1.807, 2.05) is 30.3 Å². The van der Waals surface area contributed by atoms with Crippen molar-refractivity contribution < 1.29 is 19.1 Å². The van der Waals surface area contributed by atoms with E-state index in [0.717, 1.165) is 11.4 Å². The molecule has 136 valence electrons. The van der Waals surface area contributed by atoms with Crippen LogP contribution in [0.5, 0.6) is 11.5 Å². The molecule has 0 saturated heterocycles. The summed E-state index contributed by atoms with van der Waals surface area (Å²) in [5, 5.41) is 2.80. The van der Waals surface area contributed by atoms with E-state index in [1.165, 1.54) is 0 Å². The van der Waals surface area contributed by atoms with Gasteiger partial charge in [0, 0.05) is 24.7 Å². The topological polar surface area (TPSA) is 67.9 Å². The highest BCUT2D eigenvalue weighted by Crippen LogP contribution is 2.34. The standard InChI is InChI=1S/C20H22N2O4/c1-2-19(23)21-15-9-10-17-18(13-15)26-14-20(24)22(17)11-6-12-25-16-7-4-3-5-8-16/h3-5,7-10,13H,2,6,11-12,14H2,1H3,(H,21,23). The number of carbonyl (C=O) groups excluding carboxylic acids is 2. The Hall–Kier alpha value is -3.02. The Kier molecular flexibility index (Phi) is 5.73. The molecule has 0 aromatic heterocycles. The molecular weight excluding hydrogens is 332 g/mol. The van der Waals surface area contributed by atoms with E-state index in [9.17, 15) is 9.59 Å². The van der Waals surface area contributed by atoms with Crippen molar-refractivity contribution in [3.8, 4) is 11.5 Å². The molecule has 0 bridgehead atoms. The molecule has 0 atom stereocenters. The summed E-state index contributed by atoms with van der Waals surface area (Å²) in [6.45, 7) is 2.86. The number of para-hydroxylation sites is 1. The first-order valence-electron chi connectivity index (χ1n) is 8.72. The van der Waals surface area contributed by atoms with Gasteiger partial charge in [0.25, 0.3) is 5.91 Å². The van der Waals surface area contributed by atoms with Gasteiger partial charge in [0.05, 0.1) is 12.3 Å². The van der Waals surface area contributed by atoms with Crippen LogP contribution in [-0.2, 0) is 9.59 Å². The summed E-state index contributed by atoms with van der Waals surface area (Å²) in [7, 11) is 0. The predicted octanol–water partition coefficient (Wildman–Crippen LogP) is 3.23. The number of nitrogens with one attached hydrogen (secondary N) is 1. The van der Waals surface area contributed by atoms with Gasteiger partial charge in [0.15, 0.2) is 6.61 Å². The van der Waals surface area contributed by atoms with Gasteiger partial charge in [0.1, 0.15) is 11.5 Å². The molecule has 1 aliphatic heterocycles. The minimum absolute atomic E-state index is 0.00226. The van der Waals surface area contributed by atoms with Crippen LogP contribution >= 0.6 is 0 Å². The van der Waals surface area contributed by atoms with Gasteiger partial charge in [-0.1, -0.05) is 25.1 Å². The first-order valence-corrected chi connectivity index (χ1v) is 8.72. The van der Waals surface area contributed by atoms with Gasteiger partial charge >= 0.3 is 0 Å². The number of amides is 2. The first kappa shape index (κ1) is 17.8. The van der Waals surface area contributed by atoms with Crippen LogP contribution in [0, 0.1) is 0 Å². The van der Waals surface area contributed by atoms with Crippen LogP contribution in [0.15, 0.2) is 48.5 Å². The molecule has 26 heavy (non-hydrogen) atoms. The third kappa shape index (κ3) is 4.33. The summed E-state index contributed by atoms with van der Waals surface area (Å²) in [6, 6.07) is 14.9. The molecule has 6 nitrogen and oxygen atoms in total. The Morgan fingerprint density at radius 1 is 1.23 bits per heavy atom. The maximum atomic E-state index is 12.2. The van der Waals surface area contributed by atoms with Crippen molar-refractivity contribution in [1.82, 2.24) is 0 Å². The zero-order valence-electron chi connectivity index (χ0n) is 14.7. The van der Waals surface area contributed by atoms with Crippen molar-refractivity contribution in [3.63, 3.8) is 0 Å². The molecule has 2 aromatic carbocycles. The number of anilines is 2. The fraction of sp³-hybridized carbons (Fsp3) is 0.300. The fourth-order valence-corrected chi connectivity index (χ4v) is 2.71. The largest absolute Gasteiger partial charge is 0.494 e. The highest BCUT2D eigenvalue weighted by atomic mass is 16.5. The summed E-state index contributed by atoms with van der Waals surface area (Å²) in [6.07, 6.45) is 1.11. The van der Waals surface area contributed by atoms with E-state index in [2.05, 4.69) is 5.32 Å². The van der Waals surface area contributed by atoms with Gasteiger partial charge in [-0.05, 0) is 30.7 Å². The number of rotatable bonds is 7. The predicted molar refractivity (Wildman–Crippen MR) is 99.8 cm³/mol. The molecule has 1 N–H and O–H groups in total. The van der Waals surface area contributed by atoms with Crippen molar-refractivity contribution in [1.29, 1.82) is 0 Å². The normalized spacial score (nSPS) is 13.0. The zero-order chi connectivity index (χ0) is 18.4. The van der Waals surface area contributed by atoms with Gasteiger partial charge in [-0.3, -0.25) is 9.59 Å².